The fourth-order valence-corrected chi connectivity index (χ4v) is 3.52. The van der Waals surface area contributed by atoms with Crippen LogP contribution in [0.5, 0.6) is 5.75 Å². The fourth-order valence-electron chi connectivity index (χ4n) is 3.52. The number of carbonyl (C=O) groups excluding carboxylic acids is 2. The van der Waals surface area contributed by atoms with Gasteiger partial charge < -0.3 is 10.2 Å². The van der Waals surface area contributed by atoms with E-state index in [4.69, 9.17) is 5.26 Å². The number of benzene rings is 3. The van der Waals surface area contributed by atoms with Crippen LogP contribution >= 0.6 is 0 Å². The minimum Gasteiger partial charge on any atom is -0.508 e. The normalized spacial score (nSPS) is 17.7. The van der Waals surface area contributed by atoms with Gasteiger partial charge in [-0.25, -0.2) is 0 Å². The van der Waals surface area contributed by atoms with Crippen LogP contribution in [0.2, 0.25) is 0 Å². The molecule has 3 aromatic rings. The van der Waals surface area contributed by atoms with Gasteiger partial charge >= 0.3 is 0 Å². The molecule has 1 fully saturated rings. The van der Waals surface area contributed by atoms with Gasteiger partial charge in [0.2, 0.25) is 0 Å². The van der Waals surface area contributed by atoms with E-state index in [2.05, 4.69) is 0 Å². The van der Waals surface area contributed by atoms with E-state index < -0.39 is 17.7 Å². The lowest BCUT2D eigenvalue weighted by Gasteiger charge is -2.25. The SMILES string of the molecule is N#Cc1ccc(N2C(=O)C(=O)/C(=C(/O)c3ccccc3)C2c2ccc(O)cc2)cc1. The number of aliphatic hydroxyl groups is 1. The van der Waals surface area contributed by atoms with E-state index in [0.717, 1.165) is 0 Å². The number of aliphatic hydroxyl groups excluding tert-OH is 1. The first-order valence-electron chi connectivity index (χ1n) is 9.17. The molecule has 1 aliphatic rings. The van der Waals surface area contributed by atoms with Crippen molar-refractivity contribution in [2.45, 2.75) is 6.04 Å². The largest absolute Gasteiger partial charge is 0.508 e. The molecule has 0 bridgehead atoms. The summed E-state index contributed by atoms with van der Waals surface area (Å²) in [6, 6.07) is 22.0. The van der Waals surface area contributed by atoms with Crippen LogP contribution in [0.15, 0.2) is 84.4 Å². The topological polar surface area (TPSA) is 102 Å². The number of rotatable bonds is 3. The van der Waals surface area contributed by atoms with Crippen molar-refractivity contribution in [1.29, 1.82) is 5.26 Å². The Labute approximate surface area is 172 Å². The first-order chi connectivity index (χ1) is 14.5. The maximum absolute atomic E-state index is 13.0. The molecular formula is C24H16N2O4. The summed E-state index contributed by atoms with van der Waals surface area (Å²) in [5, 5.41) is 29.6. The Bertz CT molecular complexity index is 1190. The molecule has 0 radical (unpaired) electrons. The molecule has 4 rings (SSSR count). The van der Waals surface area contributed by atoms with Crippen LogP contribution in [0, 0.1) is 11.3 Å². The number of Topliss-reactive ketones (excluding diaryl/α,β-unsaturated/α-hetero) is 1. The number of hydrogen-bond donors (Lipinski definition) is 2. The average Bonchev–Trinajstić information content (AvgIpc) is 3.05. The van der Waals surface area contributed by atoms with E-state index in [9.17, 15) is 19.8 Å². The lowest BCUT2D eigenvalue weighted by Crippen LogP contribution is -2.29. The monoisotopic (exact) mass is 396 g/mol. The molecule has 30 heavy (non-hydrogen) atoms. The molecule has 0 aromatic heterocycles. The first-order valence-corrected chi connectivity index (χ1v) is 9.17. The average molecular weight is 396 g/mol. The van der Waals surface area contributed by atoms with Crippen molar-refractivity contribution in [3.05, 3.63) is 101 Å². The summed E-state index contributed by atoms with van der Waals surface area (Å²) in [4.78, 5) is 27.2. The standard InChI is InChI=1S/C24H16N2O4/c25-14-15-6-10-18(11-7-15)26-21(16-8-12-19(27)13-9-16)20(23(29)24(26)30)22(28)17-4-2-1-3-5-17/h1-13,21,27-28H/b22-20+. The fraction of sp³-hybridized carbons (Fsp3) is 0.0417. The molecule has 1 unspecified atom stereocenters. The zero-order chi connectivity index (χ0) is 21.3. The second-order valence-electron chi connectivity index (χ2n) is 6.79. The van der Waals surface area contributed by atoms with Gasteiger partial charge in [-0.1, -0.05) is 42.5 Å². The highest BCUT2D eigenvalue weighted by atomic mass is 16.3. The highest BCUT2D eigenvalue weighted by Gasteiger charge is 2.46. The summed E-state index contributed by atoms with van der Waals surface area (Å²) in [6.07, 6.45) is 0. The molecule has 0 saturated carbocycles. The molecule has 0 spiro atoms. The number of aromatic hydroxyl groups is 1. The van der Waals surface area contributed by atoms with E-state index in [-0.39, 0.29) is 17.1 Å². The Hall–Kier alpha value is -4.37. The summed E-state index contributed by atoms with van der Waals surface area (Å²) in [7, 11) is 0. The van der Waals surface area contributed by atoms with Crippen molar-refractivity contribution in [2.75, 3.05) is 4.90 Å². The smallest absolute Gasteiger partial charge is 0.300 e. The third-order valence-corrected chi connectivity index (χ3v) is 4.98. The molecule has 1 amide bonds. The Morgan fingerprint density at radius 3 is 2.13 bits per heavy atom. The second-order valence-corrected chi connectivity index (χ2v) is 6.79. The maximum atomic E-state index is 13.0. The third-order valence-electron chi connectivity index (χ3n) is 4.98. The number of amides is 1. The van der Waals surface area contributed by atoms with Gasteiger partial charge in [0, 0.05) is 11.3 Å². The number of phenols is 1. The molecule has 6 heteroatoms. The molecule has 1 aliphatic heterocycles. The summed E-state index contributed by atoms with van der Waals surface area (Å²) in [6.45, 7) is 0. The first kappa shape index (κ1) is 19.0. The van der Waals surface area contributed by atoms with Crippen LogP contribution in [0.3, 0.4) is 0 Å². The zero-order valence-corrected chi connectivity index (χ0v) is 15.7. The van der Waals surface area contributed by atoms with Gasteiger partial charge in [-0.2, -0.15) is 5.26 Å². The van der Waals surface area contributed by atoms with Crippen LogP contribution < -0.4 is 4.90 Å². The molecular weight excluding hydrogens is 380 g/mol. The van der Waals surface area contributed by atoms with Gasteiger partial charge in [-0.3, -0.25) is 14.5 Å². The van der Waals surface area contributed by atoms with E-state index in [1.807, 2.05) is 6.07 Å². The van der Waals surface area contributed by atoms with Crippen LogP contribution in [0.25, 0.3) is 5.76 Å². The molecule has 6 nitrogen and oxygen atoms in total. The summed E-state index contributed by atoms with van der Waals surface area (Å²) >= 11 is 0. The number of carbonyl (C=O) groups is 2. The number of phenolic OH excluding ortho intramolecular Hbond substituents is 1. The van der Waals surface area contributed by atoms with Crippen LogP contribution in [-0.4, -0.2) is 21.9 Å². The van der Waals surface area contributed by atoms with E-state index in [1.54, 1.807) is 66.7 Å². The molecule has 0 aliphatic carbocycles. The van der Waals surface area contributed by atoms with Crippen molar-refractivity contribution in [3.63, 3.8) is 0 Å². The van der Waals surface area contributed by atoms with E-state index in [0.29, 0.717) is 22.4 Å². The Morgan fingerprint density at radius 2 is 1.53 bits per heavy atom. The van der Waals surface area contributed by atoms with Gasteiger partial charge in [-0.05, 0) is 42.0 Å². The third kappa shape index (κ3) is 3.19. The molecule has 3 aromatic carbocycles. The van der Waals surface area contributed by atoms with Crippen LogP contribution in [0.4, 0.5) is 5.69 Å². The van der Waals surface area contributed by atoms with Crippen LogP contribution in [-0.2, 0) is 9.59 Å². The number of anilines is 1. The van der Waals surface area contributed by atoms with Gasteiger partial charge in [0.15, 0.2) is 0 Å². The minimum absolute atomic E-state index is 0.0390. The number of ketones is 1. The zero-order valence-electron chi connectivity index (χ0n) is 15.7. The van der Waals surface area contributed by atoms with E-state index >= 15 is 0 Å². The predicted octanol–water partition coefficient (Wildman–Crippen LogP) is 3.89. The number of nitrogens with zero attached hydrogens (tertiary/aromatic N) is 2. The Balaban J connectivity index is 1.93. The quantitative estimate of drug-likeness (QED) is 0.397. The Kier molecular flexibility index (Phi) is 4.78. The molecule has 1 heterocycles. The lowest BCUT2D eigenvalue weighted by atomic mass is 9.95. The van der Waals surface area contributed by atoms with Gasteiger partial charge in [0.05, 0.1) is 23.2 Å². The molecule has 146 valence electrons. The summed E-state index contributed by atoms with van der Waals surface area (Å²) in [5.74, 6) is -1.82. The van der Waals surface area contributed by atoms with Gasteiger partial charge in [-0.15, -0.1) is 0 Å². The molecule has 1 atom stereocenters. The number of hydrogen-bond acceptors (Lipinski definition) is 5. The van der Waals surface area contributed by atoms with Crippen molar-refractivity contribution < 1.29 is 19.8 Å². The minimum atomic E-state index is -0.890. The van der Waals surface area contributed by atoms with Gasteiger partial charge in [0.1, 0.15) is 11.5 Å². The lowest BCUT2D eigenvalue weighted by molar-refractivity contribution is -0.132. The van der Waals surface area contributed by atoms with Crippen molar-refractivity contribution in [1.82, 2.24) is 0 Å². The second kappa shape index (κ2) is 7.57. The highest BCUT2D eigenvalue weighted by Crippen LogP contribution is 2.42. The van der Waals surface area contributed by atoms with E-state index in [1.165, 1.54) is 17.0 Å². The van der Waals surface area contributed by atoms with Crippen molar-refractivity contribution in [3.8, 4) is 11.8 Å². The number of nitriles is 1. The summed E-state index contributed by atoms with van der Waals surface area (Å²) < 4.78 is 0. The maximum Gasteiger partial charge on any atom is 0.300 e. The molecule has 1 saturated heterocycles. The van der Waals surface area contributed by atoms with Crippen molar-refractivity contribution in [2.24, 2.45) is 0 Å². The van der Waals surface area contributed by atoms with Crippen molar-refractivity contribution >= 4 is 23.1 Å². The Morgan fingerprint density at radius 1 is 0.900 bits per heavy atom. The highest BCUT2D eigenvalue weighted by molar-refractivity contribution is 6.51. The van der Waals surface area contributed by atoms with Gasteiger partial charge in [0.25, 0.3) is 11.7 Å². The molecule has 2 N–H and O–H groups in total. The summed E-state index contributed by atoms with van der Waals surface area (Å²) in [5.41, 5.74) is 1.76. The predicted molar refractivity (Wildman–Crippen MR) is 110 cm³/mol. The van der Waals surface area contributed by atoms with Crippen LogP contribution in [0.1, 0.15) is 22.7 Å².